The summed E-state index contributed by atoms with van der Waals surface area (Å²) in [5.74, 6) is 0.00181. The van der Waals surface area contributed by atoms with Gasteiger partial charge in [0.15, 0.2) is 0 Å². The summed E-state index contributed by atoms with van der Waals surface area (Å²) in [6, 6.07) is 0. The van der Waals surface area contributed by atoms with Crippen molar-refractivity contribution in [1.82, 2.24) is 15.0 Å². The molecule has 1 aromatic heterocycles. The molecule has 0 saturated carbocycles. The minimum absolute atomic E-state index is 0.00690. The van der Waals surface area contributed by atoms with Gasteiger partial charge in [-0.2, -0.15) is 15.0 Å². The van der Waals surface area contributed by atoms with Crippen LogP contribution >= 0.6 is 0 Å². The first kappa shape index (κ1) is 8.11. The smallest absolute Gasteiger partial charge is 0.278 e. The first-order valence-electron chi connectivity index (χ1n) is 2.93. The number of aromatic nitrogens is 3. The van der Waals surface area contributed by atoms with Gasteiger partial charge >= 0.3 is 0 Å². The molecule has 1 aromatic rings. The lowest BCUT2D eigenvalue weighted by atomic mass is 10.8. The molecule has 1 rings (SSSR count). The number of hydrogen-bond acceptors (Lipinski definition) is 8. The van der Waals surface area contributed by atoms with Gasteiger partial charge in [-0.25, -0.2) is 0 Å². The molecule has 0 aliphatic rings. The highest BCUT2D eigenvalue weighted by Gasteiger charge is 1.98. The Morgan fingerprint density at radius 2 is 1.75 bits per heavy atom. The van der Waals surface area contributed by atoms with Crippen LogP contribution in [0.1, 0.15) is 0 Å². The van der Waals surface area contributed by atoms with E-state index in [0.29, 0.717) is 0 Å². The number of nitrogens with two attached hydrogens (primary N) is 2. The normalized spacial score (nSPS) is 10.4. The van der Waals surface area contributed by atoms with Gasteiger partial charge < -0.3 is 16.3 Å². The number of rotatable bonds is 2. The lowest BCUT2D eigenvalue weighted by Gasteiger charge is -1.94. The SMILES string of the molecule is CO/N=N/c1nc(N)nc(N)n1. The van der Waals surface area contributed by atoms with Crippen molar-refractivity contribution >= 4 is 17.8 Å². The first-order valence-corrected chi connectivity index (χ1v) is 2.93. The molecule has 0 unspecified atom stereocenters. The second kappa shape index (κ2) is 3.42. The molecule has 0 amide bonds. The topological polar surface area (TPSA) is 125 Å². The third-order valence-electron chi connectivity index (χ3n) is 0.870. The fourth-order valence-corrected chi connectivity index (χ4v) is 0.519. The number of nitrogens with zero attached hydrogens (tertiary/aromatic N) is 5. The largest absolute Gasteiger partial charge is 0.383 e. The van der Waals surface area contributed by atoms with Crippen molar-refractivity contribution in [2.75, 3.05) is 18.6 Å². The quantitative estimate of drug-likeness (QED) is 0.461. The van der Waals surface area contributed by atoms with Crippen molar-refractivity contribution in [3.05, 3.63) is 0 Å². The standard InChI is InChI=1S/C4H7N7O/c1-12-11-10-4-8-2(5)7-3(6)9-4/h1H3,(H4,5,6,7,8,9)/b11-10+. The van der Waals surface area contributed by atoms with Crippen LogP contribution in [0.4, 0.5) is 17.8 Å². The third-order valence-corrected chi connectivity index (χ3v) is 0.870. The molecule has 0 saturated heterocycles. The molecule has 8 heteroatoms. The Hall–Kier alpha value is -1.99. The molecule has 0 radical (unpaired) electrons. The van der Waals surface area contributed by atoms with E-state index in [1.165, 1.54) is 7.11 Å². The molecule has 64 valence electrons. The lowest BCUT2D eigenvalue weighted by molar-refractivity contribution is 0.190. The second-order valence-electron chi connectivity index (χ2n) is 1.72. The van der Waals surface area contributed by atoms with Gasteiger partial charge in [0.25, 0.3) is 5.95 Å². The van der Waals surface area contributed by atoms with Crippen LogP contribution in [0.3, 0.4) is 0 Å². The fourth-order valence-electron chi connectivity index (χ4n) is 0.519. The van der Waals surface area contributed by atoms with E-state index in [4.69, 9.17) is 11.5 Å². The number of anilines is 2. The zero-order chi connectivity index (χ0) is 8.97. The second-order valence-corrected chi connectivity index (χ2v) is 1.72. The van der Waals surface area contributed by atoms with Crippen molar-refractivity contribution in [2.45, 2.75) is 0 Å². The molecular formula is C4H7N7O. The molecule has 0 spiro atoms. The van der Waals surface area contributed by atoms with Crippen molar-refractivity contribution in [1.29, 1.82) is 0 Å². The van der Waals surface area contributed by atoms with Gasteiger partial charge in [-0.3, -0.25) is 0 Å². The van der Waals surface area contributed by atoms with Gasteiger partial charge in [0, 0.05) is 5.28 Å². The average molecular weight is 169 g/mol. The predicted octanol–water partition coefficient (Wildman–Crippen LogP) is -0.319. The molecule has 4 N–H and O–H groups in total. The van der Waals surface area contributed by atoms with Gasteiger partial charge in [0.1, 0.15) is 7.11 Å². The Morgan fingerprint density at radius 1 is 1.17 bits per heavy atom. The summed E-state index contributed by atoms with van der Waals surface area (Å²) in [4.78, 5) is 15.0. The maximum atomic E-state index is 5.25. The van der Waals surface area contributed by atoms with Gasteiger partial charge in [0.2, 0.25) is 11.9 Å². The van der Waals surface area contributed by atoms with Gasteiger partial charge in [-0.15, -0.1) is 0 Å². The number of hydrogen-bond donors (Lipinski definition) is 2. The van der Waals surface area contributed by atoms with Crippen molar-refractivity contribution in [3.8, 4) is 0 Å². The Labute approximate surface area is 67.6 Å². The monoisotopic (exact) mass is 169 g/mol. The number of nitrogen functional groups attached to an aromatic ring is 2. The van der Waals surface area contributed by atoms with Crippen molar-refractivity contribution in [3.63, 3.8) is 0 Å². The summed E-state index contributed by atoms with van der Waals surface area (Å²) in [5.41, 5.74) is 10.5. The zero-order valence-electron chi connectivity index (χ0n) is 6.30. The van der Waals surface area contributed by atoms with Crippen LogP contribution in [0.25, 0.3) is 0 Å². The molecule has 0 aliphatic heterocycles. The van der Waals surface area contributed by atoms with Crippen LogP contribution in [0.2, 0.25) is 0 Å². The molecule has 0 atom stereocenters. The van der Waals surface area contributed by atoms with Crippen molar-refractivity contribution in [2.24, 2.45) is 10.4 Å². The molecule has 0 fully saturated rings. The summed E-state index contributed by atoms with van der Waals surface area (Å²) < 4.78 is 0. The van der Waals surface area contributed by atoms with Crippen molar-refractivity contribution < 1.29 is 4.84 Å². The zero-order valence-corrected chi connectivity index (χ0v) is 6.30. The highest BCUT2D eigenvalue weighted by Crippen LogP contribution is 2.06. The lowest BCUT2D eigenvalue weighted by Crippen LogP contribution is -2.01. The highest BCUT2D eigenvalue weighted by molar-refractivity contribution is 5.32. The highest BCUT2D eigenvalue weighted by atomic mass is 16.6. The summed E-state index contributed by atoms with van der Waals surface area (Å²) >= 11 is 0. The maximum absolute atomic E-state index is 5.25. The van der Waals surface area contributed by atoms with Gasteiger partial charge in [-0.05, 0) is 0 Å². The van der Waals surface area contributed by atoms with E-state index >= 15 is 0 Å². The Kier molecular flexibility index (Phi) is 2.31. The summed E-state index contributed by atoms with van der Waals surface area (Å²) in [7, 11) is 1.34. The average Bonchev–Trinajstić information content (AvgIpc) is 1.99. The molecule has 8 nitrogen and oxygen atoms in total. The molecule has 0 bridgehead atoms. The maximum Gasteiger partial charge on any atom is 0.278 e. The van der Waals surface area contributed by atoms with Gasteiger partial charge in [-0.1, -0.05) is 5.11 Å². The van der Waals surface area contributed by atoms with E-state index in [1.54, 1.807) is 0 Å². The molecule has 12 heavy (non-hydrogen) atoms. The molecular weight excluding hydrogens is 162 g/mol. The summed E-state index contributed by atoms with van der Waals surface area (Å²) in [6.07, 6.45) is 0. The van der Waals surface area contributed by atoms with Gasteiger partial charge in [0.05, 0.1) is 0 Å². The van der Waals surface area contributed by atoms with Crippen LogP contribution in [0, 0.1) is 0 Å². The van der Waals surface area contributed by atoms with E-state index in [9.17, 15) is 0 Å². The van der Waals surface area contributed by atoms with Crippen LogP contribution < -0.4 is 11.5 Å². The predicted molar refractivity (Wildman–Crippen MR) is 40.2 cm³/mol. The van der Waals surface area contributed by atoms with Crippen LogP contribution in [-0.4, -0.2) is 22.1 Å². The van der Waals surface area contributed by atoms with E-state index in [1.807, 2.05) is 0 Å². The Bertz CT molecular complexity index is 277. The minimum atomic E-state index is -0.00690. The minimum Gasteiger partial charge on any atom is -0.383 e. The first-order chi connectivity index (χ1) is 5.72. The summed E-state index contributed by atoms with van der Waals surface area (Å²) in [5, 5.41) is 6.61. The van der Waals surface area contributed by atoms with E-state index in [0.717, 1.165) is 0 Å². The Balaban J connectivity index is 2.93. The molecule has 0 aromatic carbocycles. The third kappa shape index (κ3) is 2.01. The van der Waals surface area contributed by atoms with E-state index in [2.05, 4.69) is 30.2 Å². The van der Waals surface area contributed by atoms with Crippen LogP contribution in [0.15, 0.2) is 10.4 Å². The molecule has 1 heterocycles. The summed E-state index contributed by atoms with van der Waals surface area (Å²) in [6.45, 7) is 0. The fraction of sp³-hybridized carbons (Fsp3) is 0.250. The van der Waals surface area contributed by atoms with E-state index < -0.39 is 0 Å². The van der Waals surface area contributed by atoms with Crippen LogP contribution in [0.5, 0.6) is 0 Å². The molecule has 0 aliphatic carbocycles. The Morgan fingerprint density at radius 3 is 2.25 bits per heavy atom. The van der Waals surface area contributed by atoms with Crippen LogP contribution in [-0.2, 0) is 4.84 Å². The van der Waals surface area contributed by atoms with E-state index in [-0.39, 0.29) is 17.8 Å².